The van der Waals surface area contributed by atoms with Gasteiger partial charge in [0.05, 0.1) is 18.1 Å². The molecule has 0 aromatic heterocycles. The van der Waals surface area contributed by atoms with Crippen LogP contribution in [0.25, 0.3) is 0 Å². The number of nitro benzene ring substituents is 1. The van der Waals surface area contributed by atoms with E-state index in [0.29, 0.717) is 0 Å². The second kappa shape index (κ2) is 7.79. The molecule has 0 saturated heterocycles. The second-order valence-corrected chi connectivity index (χ2v) is 5.76. The van der Waals surface area contributed by atoms with Crippen LogP contribution < -0.4 is 9.64 Å². The van der Waals surface area contributed by atoms with Crippen LogP contribution in [0.1, 0.15) is 18.5 Å². The van der Waals surface area contributed by atoms with Gasteiger partial charge in [-0.05, 0) is 29.8 Å². The molecule has 24 heavy (non-hydrogen) atoms. The van der Waals surface area contributed by atoms with Gasteiger partial charge in [-0.25, -0.2) is 0 Å². The van der Waals surface area contributed by atoms with Crippen molar-refractivity contribution in [2.45, 2.75) is 13.0 Å². The number of benzene rings is 2. The van der Waals surface area contributed by atoms with Gasteiger partial charge in [-0.3, -0.25) is 10.1 Å². The van der Waals surface area contributed by atoms with Crippen LogP contribution in [0, 0.1) is 16.0 Å². The monoisotopic (exact) mass is 330 g/mol. The fraction of sp³-hybridized carbons (Fsp3) is 0.333. The summed E-state index contributed by atoms with van der Waals surface area (Å²) in [5.41, 5.74) is 1.95. The van der Waals surface area contributed by atoms with Crippen molar-refractivity contribution in [3.8, 4) is 5.75 Å². The van der Waals surface area contributed by atoms with Gasteiger partial charge in [0.2, 0.25) is 0 Å². The molecule has 2 atom stereocenters. The highest BCUT2D eigenvalue weighted by Gasteiger charge is 2.24. The number of aliphatic hydroxyl groups is 1. The summed E-state index contributed by atoms with van der Waals surface area (Å²) >= 11 is 0. The highest BCUT2D eigenvalue weighted by Crippen LogP contribution is 2.33. The largest absolute Gasteiger partial charge is 0.497 e. The van der Waals surface area contributed by atoms with E-state index in [0.717, 1.165) is 17.0 Å². The summed E-state index contributed by atoms with van der Waals surface area (Å²) in [6.07, 6.45) is 0. The number of nitrogens with zero attached hydrogens (tertiary/aromatic N) is 2. The zero-order valence-electron chi connectivity index (χ0n) is 14.0. The standard InChI is InChI=1S/C18H22N2O4/c1-13(12-21)18(14-4-6-16(7-5-14)20(22)23)19(2)15-8-10-17(24-3)11-9-15/h4-11,13,18,21H,12H2,1-3H3/t13-,18+/m1/s1. The molecule has 2 aromatic rings. The highest BCUT2D eigenvalue weighted by molar-refractivity contribution is 5.51. The molecule has 128 valence electrons. The Morgan fingerprint density at radius 3 is 2.21 bits per heavy atom. The molecule has 0 radical (unpaired) electrons. The van der Waals surface area contributed by atoms with Gasteiger partial charge in [-0.1, -0.05) is 19.1 Å². The Morgan fingerprint density at radius 1 is 1.17 bits per heavy atom. The summed E-state index contributed by atoms with van der Waals surface area (Å²) < 4.78 is 5.18. The number of nitro groups is 1. The molecule has 2 aromatic carbocycles. The summed E-state index contributed by atoms with van der Waals surface area (Å²) in [5.74, 6) is 0.729. The van der Waals surface area contributed by atoms with E-state index in [4.69, 9.17) is 4.74 Å². The minimum atomic E-state index is -0.415. The normalized spacial score (nSPS) is 13.2. The van der Waals surface area contributed by atoms with Crippen LogP contribution >= 0.6 is 0 Å². The predicted octanol–water partition coefficient (Wildman–Crippen LogP) is 3.41. The fourth-order valence-corrected chi connectivity index (χ4v) is 2.80. The maximum absolute atomic E-state index is 10.8. The first kappa shape index (κ1) is 17.7. The van der Waals surface area contributed by atoms with Gasteiger partial charge in [0, 0.05) is 37.4 Å². The number of non-ortho nitro benzene ring substituents is 1. The third kappa shape index (κ3) is 3.83. The van der Waals surface area contributed by atoms with Crippen molar-refractivity contribution in [1.82, 2.24) is 0 Å². The first-order chi connectivity index (χ1) is 11.5. The van der Waals surface area contributed by atoms with Gasteiger partial charge in [0.25, 0.3) is 5.69 Å². The lowest BCUT2D eigenvalue weighted by Gasteiger charge is -2.34. The van der Waals surface area contributed by atoms with Gasteiger partial charge >= 0.3 is 0 Å². The summed E-state index contributed by atoms with van der Waals surface area (Å²) in [6.45, 7) is 1.97. The molecule has 6 nitrogen and oxygen atoms in total. The molecule has 0 aliphatic heterocycles. The van der Waals surface area contributed by atoms with E-state index >= 15 is 0 Å². The molecule has 0 unspecified atom stereocenters. The molecule has 0 heterocycles. The zero-order valence-corrected chi connectivity index (χ0v) is 14.0. The lowest BCUT2D eigenvalue weighted by Crippen LogP contribution is -2.31. The Balaban J connectivity index is 2.34. The van der Waals surface area contributed by atoms with Crippen molar-refractivity contribution in [1.29, 1.82) is 0 Å². The van der Waals surface area contributed by atoms with Crippen molar-refractivity contribution in [3.63, 3.8) is 0 Å². The molecule has 1 N–H and O–H groups in total. The Labute approximate surface area is 141 Å². The van der Waals surface area contributed by atoms with Crippen molar-refractivity contribution in [3.05, 3.63) is 64.2 Å². The first-order valence-corrected chi connectivity index (χ1v) is 7.70. The number of rotatable bonds is 7. The molecule has 0 aliphatic rings. The average Bonchev–Trinajstić information content (AvgIpc) is 2.62. The number of anilines is 1. The number of hydrogen-bond donors (Lipinski definition) is 1. The number of aliphatic hydroxyl groups excluding tert-OH is 1. The average molecular weight is 330 g/mol. The minimum Gasteiger partial charge on any atom is -0.497 e. The number of ether oxygens (including phenoxy) is 1. The number of methoxy groups -OCH3 is 1. The van der Waals surface area contributed by atoms with Crippen LogP contribution in [0.3, 0.4) is 0 Å². The van der Waals surface area contributed by atoms with E-state index < -0.39 is 4.92 Å². The lowest BCUT2D eigenvalue weighted by molar-refractivity contribution is -0.384. The van der Waals surface area contributed by atoms with Crippen LogP contribution in [0.15, 0.2) is 48.5 Å². The Bertz CT molecular complexity index is 670. The maximum atomic E-state index is 10.8. The minimum absolute atomic E-state index is 0.0160. The highest BCUT2D eigenvalue weighted by atomic mass is 16.6. The SMILES string of the molecule is COc1ccc(N(C)[C@H](c2ccc([N+](=O)[O-])cc2)[C@H](C)CO)cc1. The third-order valence-electron chi connectivity index (χ3n) is 4.17. The molecule has 0 amide bonds. The van der Waals surface area contributed by atoms with Gasteiger partial charge < -0.3 is 14.7 Å². The van der Waals surface area contributed by atoms with E-state index in [1.54, 1.807) is 19.2 Å². The molecular formula is C18H22N2O4. The van der Waals surface area contributed by atoms with Crippen LogP contribution in [0.4, 0.5) is 11.4 Å². The summed E-state index contributed by atoms with van der Waals surface area (Å²) in [5, 5.41) is 20.5. The van der Waals surface area contributed by atoms with Crippen molar-refractivity contribution < 1.29 is 14.8 Å². The van der Waals surface area contributed by atoms with Gasteiger partial charge in [-0.2, -0.15) is 0 Å². The fourth-order valence-electron chi connectivity index (χ4n) is 2.80. The van der Waals surface area contributed by atoms with Gasteiger partial charge in [0.15, 0.2) is 0 Å². The smallest absolute Gasteiger partial charge is 0.269 e. The summed E-state index contributed by atoms with van der Waals surface area (Å²) in [6, 6.07) is 14.0. The Hall–Kier alpha value is -2.60. The van der Waals surface area contributed by atoms with Crippen molar-refractivity contribution in [2.24, 2.45) is 5.92 Å². The maximum Gasteiger partial charge on any atom is 0.269 e. The van der Waals surface area contributed by atoms with E-state index in [2.05, 4.69) is 4.90 Å². The molecular weight excluding hydrogens is 308 g/mol. The van der Waals surface area contributed by atoms with E-state index in [9.17, 15) is 15.2 Å². The molecule has 0 bridgehead atoms. The topological polar surface area (TPSA) is 75.8 Å². The van der Waals surface area contributed by atoms with E-state index in [1.165, 1.54) is 12.1 Å². The molecule has 0 fully saturated rings. The molecule has 2 rings (SSSR count). The van der Waals surface area contributed by atoms with Crippen LogP contribution in [0.2, 0.25) is 0 Å². The van der Waals surface area contributed by atoms with Crippen LogP contribution in [0.5, 0.6) is 5.75 Å². The number of hydrogen-bond acceptors (Lipinski definition) is 5. The van der Waals surface area contributed by atoms with Crippen LogP contribution in [-0.2, 0) is 0 Å². The van der Waals surface area contributed by atoms with Gasteiger partial charge in [-0.15, -0.1) is 0 Å². The summed E-state index contributed by atoms with van der Waals surface area (Å²) in [4.78, 5) is 12.5. The van der Waals surface area contributed by atoms with Gasteiger partial charge in [0.1, 0.15) is 5.75 Å². The molecule has 6 heteroatoms. The summed E-state index contributed by atoms with van der Waals surface area (Å²) in [7, 11) is 3.56. The quantitative estimate of drug-likeness (QED) is 0.622. The first-order valence-electron chi connectivity index (χ1n) is 7.70. The third-order valence-corrected chi connectivity index (χ3v) is 4.17. The van der Waals surface area contributed by atoms with E-state index in [-0.39, 0.29) is 24.3 Å². The second-order valence-electron chi connectivity index (χ2n) is 5.76. The zero-order chi connectivity index (χ0) is 17.7. The Morgan fingerprint density at radius 2 is 1.75 bits per heavy atom. The predicted molar refractivity (Wildman–Crippen MR) is 93.5 cm³/mol. The lowest BCUT2D eigenvalue weighted by atomic mass is 9.93. The molecule has 0 aliphatic carbocycles. The Kier molecular flexibility index (Phi) is 5.76. The van der Waals surface area contributed by atoms with Crippen molar-refractivity contribution >= 4 is 11.4 Å². The van der Waals surface area contributed by atoms with E-state index in [1.807, 2.05) is 38.2 Å². The van der Waals surface area contributed by atoms with Crippen molar-refractivity contribution in [2.75, 3.05) is 25.7 Å². The molecule has 0 spiro atoms. The van der Waals surface area contributed by atoms with Crippen LogP contribution in [-0.4, -0.2) is 30.8 Å². The molecule has 0 saturated carbocycles.